The van der Waals surface area contributed by atoms with E-state index in [2.05, 4.69) is 14.9 Å². The van der Waals surface area contributed by atoms with E-state index in [9.17, 15) is 10.1 Å². The molecule has 1 spiro atoms. The minimum atomic E-state index is -0.586. The Morgan fingerprint density at radius 1 is 1.28 bits per heavy atom. The Morgan fingerprint density at radius 3 is 2.78 bits per heavy atom. The number of nitrogens with zero attached hydrogens (tertiary/aromatic N) is 4. The first kappa shape index (κ1) is 20.6. The van der Waals surface area contributed by atoms with Crippen LogP contribution in [0, 0.1) is 17.1 Å². The number of aromatic nitrogens is 3. The summed E-state index contributed by atoms with van der Waals surface area (Å²) >= 11 is 0. The Kier molecular flexibility index (Phi) is 5.12. The number of hydrogen-bond acceptors (Lipinski definition) is 5. The molecule has 2 aliphatic rings. The summed E-state index contributed by atoms with van der Waals surface area (Å²) < 4.78 is 19.6. The number of rotatable bonds is 5. The topological polar surface area (TPSA) is 102 Å². The lowest BCUT2D eigenvalue weighted by atomic mass is 9.71. The molecule has 0 bridgehead atoms. The predicted molar refractivity (Wildman–Crippen MR) is 122 cm³/mol. The van der Waals surface area contributed by atoms with Gasteiger partial charge in [-0.2, -0.15) is 5.26 Å². The largest absolute Gasteiger partial charge is 0.396 e. The number of nitrogen functional groups attached to an aromatic ring is 1. The number of imidazole rings is 1. The van der Waals surface area contributed by atoms with Gasteiger partial charge >= 0.3 is 0 Å². The smallest absolute Gasteiger partial charge is 0.209 e. The number of nitriles is 1. The second kappa shape index (κ2) is 7.97. The van der Waals surface area contributed by atoms with Crippen LogP contribution < -0.4 is 16.5 Å². The summed E-state index contributed by atoms with van der Waals surface area (Å²) in [5, 5.41) is 13.0. The molecular formula is C24H27FN6O. The highest BCUT2D eigenvalue weighted by atomic mass is 19.1. The molecule has 1 saturated carbocycles. The maximum Gasteiger partial charge on any atom is 0.209 e. The summed E-state index contributed by atoms with van der Waals surface area (Å²) in [4.78, 5) is 17.1. The van der Waals surface area contributed by atoms with Crippen molar-refractivity contribution >= 4 is 22.3 Å². The Labute approximate surface area is 185 Å². The average molecular weight is 435 g/mol. The van der Waals surface area contributed by atoms with Crippen molar-refractivity contribution in [2.24, 2.45) is 0 Å². The van der Waals surface area contributed by atoms with Gasteiger partial charge in [0, 0.05) is 42.8 Å². The number of anilines is 2. The van der Waals surface area contributed by atoms with Crippen LogP contribution in [0.15, 0.2) is 29.7 Å². The highest BCUT2D eigenvalue weighted by Crippen LogP contribution is 2.48. The van der Waals surface area contributed by atoms with Gasteiger partial charge in [0.25, 0.3) is 0 Å². The molecule has 1 fully saturated rings. The SMILES string of the molecule is N#Cc1cn2c3c(c(NCCCn4ccnc4)c(F)c(N)c3c1=O)CCCCC21CCC1. The van der Waals surface area contributed by atoms with Crippen LogP contribution in [0.25, 0.3) is 10.9 Å². The number of aryl methyl sites for hydroxylation is 2. The summed E-state index contributed by atoms with van der Waals surface area (Å²) in [7, 11) is 0. The molecule has 32 heavy (non-hydrogen) atoms. The van der Waals surface area contributed by atoms with E-state index < -0.39 is 11.2 Å². The van der Waals surface area contributed by atoms with Gasteiger partial charge in [-0.3, -0.25) is 4.79 Å². The lowest BCUT2D eigenvalue weighted by Gasteiger charge is -2.46. The van der Waals surface area contributed by atoms with Gasteiger partial charge in [0.1, 0.15) is 11.6 Å². The standard InChI is InChI=1S/C24H27FN6O/c25-19-20(27)18-22-17(21(19)29-9-4-11-30-12-10-28-15-30)5-1-2-6-24(7-3-8-24)31(22)14-16(13-26)23(18)32/h10,12,14-15,29H,1-9,11,27H2. The number of hydrogen-bond donors (Lipinski definition) is 2. The summed E-state index contributed by atoms with van der Waals surface area (Å²) in [6.45, 7) is 1.34. The molecule has 0 amide bonds. The van der Waals surface area contributed by atoms with Crippen molar-refractivity contribution in [3.63, 3.8) is 0 Å². The number of nitrogens with two attached hydrogens (primary N) is 1. The van der Waals surface area contributed by atoms with Crippen LogP contribution in [0.3, 0.4) is 0 Å². The number of pyridine rings is 1. The van der Waals surface area contributed by atoms with E-state index in [0.717, 1.165) is 57.1 Å². The highest BCUT2D eigenvalue weighted by Gasteiger charge is 2.41. The van der Waals surface area contributed by atoms with Crippen molar-refractivity contribution in [1.29, 1.82) is 5.26 Å². The highest BCUT2D eigenvalue weighted by molar-refractivity contribution is 5.98. The van der Waals surface area contributed by atoms with E-state index in [0.29, 0.717) is 24.2 Å². The molecule has 3 heterocycles. The van der Waals surface area contributed by atoms with Crippen molar-refractivity contribution in [3.05, 3.63) is 52.1 Å². The number of fused-ring (bicyclic) bond motifs is 1. The Balaban J connectivity index is 1.65. The number of nitrogens with one attached hydrogen (secondary N) is 1. The molecule has 5 rings (SSSR count). The van der Waals surface area contributed by atoms with Crippen LogP contribution in [0.4, 0.5) is 15.8 Å². The van der Waals surface area contributed by atoms with Crippen molar-refractivity contribution in [1.82, 2.24) is 14.1 Å². The van der Waals surface area contributed by atoms with Crippen molar-refractivity contribution < 1.29 is 4.39 Å². The molecule has 0 radical (unpaired) electrons. The van der Waals surface area contributed by atoms with Gasteiger partial charge in [0.05, 0.1) is 28.6 Å². The van der Waals surface area contributed by atoms with E-state index >= 15 is 4.39 Å². The van der Waals surface area contributed by atoms with Gasteiger partial charge in [-0.25, -0.2) is 9.37 Å². The zero-order valence-electron chi connectivity index (χ0n) is 18.0. The average Bonchev–Trinajstić information content (AvgIpc) is 3.27. The van der Waals surface area contributed by atoms with Gasteiger partial charge in [0.15, 0.2) is 5.82 Å². The number of halogens is 1. The fraction of sp³-hybridized carbons (Fsp3) is 0.458. The van der Waals surface area contributed by atoms with Crippen LogP contribution in [-0.2, 0) is 18.5 Å². The quantitative estimate of drug-likeness (QED) is 0.468. The maximum atomic E-state index is 15.5. The first-order valence-electron chi connectivity index (χ1n) is 11.3. The number of benzene rings is 1. The van der Waals surface area contributed by atoms with Gasteiger partial charge < -0.3 is 20.2 Å². The van der Waals surface area contributed by atoms with Gasteiger partial charge in [-0.05, 0) is 44.9 Å². The van der Waals surface area contributed by atoms with Crippen LogP contribution in [0.5, 0.6) is 0 Å². The van der Waals surface area contributed by atoms with E-state index in [4.69, 9.17) is 5.73 Å². The van der Waals surface area contributed by atoms with Gasteiger partial charge in [-0.15, -0.1) is 0 Å². The summed E-state index contributed by atoms with van der Waals surface area (Å²) in [6.07, 6.45) is 14.6. The van der Waals surface area contributed by atoms with Crippen LogP contribution in [-0.4, -0.2) is 20.7 Å². The molecule has 1 aromatic carbocycles. The Hall–Kier alpha value is -3.34. The summed E-state index contributed by atoms with van der Waals surface area (Å²) in [5.41, 5.74) is 7.43. The Bertz CT molecular complexity index is 1270. The van der Waals surface area contributed by atoms with Crippen molar-refractivity contribution in [3.8, 4) is 6.07 Å². The van der Waals surface area contributed by atoms with Crippen LogP contribution in [0.2, 0.25) is 0 Å². The molecule has 0 atom stereocenters. The monoisotopic (exact) mass is 434 g/mol. The third-order valence-corrected chi connectivity index (χ3v) is 7.21. The molecule has 1 aliphatic heterocycles. The second-order valence-corrected chi connectivity index (χ2v) is 9.02. The van der Waals surface area contributed by atoms with Crippen molar-refractivity contribution in [2.75, 3.05) is 17.6 Å². The molecule has 0 unspecified atom stereocenters. The second-order valence-electron chi connectivity index (χ2n) is 9.02. The molecule has 3 aromatic rings. The van der Waals surface area contributed by atoms with Gasteiger partial charge in [0.2, 0.25) is 5.43 Å². The molecule has 7 nitrogen and oxygen atoms in total. The van der Waals surface area contributed by atoms with E-state index in [-0.39, 0.29) is 22.2 Å². The first-order valence-corrected chi connectivity index (χ1v) is 11.3. The molecule has 166 valence electrons. The minimum absolute atomic E-state index is 0.0300. The minimum Gasteiger partial charge on any atom is -0.396 e. The fourth-order valence-electron chi connectivity index (χ4n) is 5.38. The molecule has 0 saturated heterocycles. The molecular weight excluding hydrogens is 407 g/mol. The fourth-order valence-corrected chi connectivity index (χ4v) is 5.38. The Morgan fingerprint density at radius 2 is 2.09 bits per heavy atom. The zero-order valence-corrected chi connectivity index (χ0v) is 18.0. The maximum absolute atomic E-state index is 15.5. The third-order valence-electron chi connectivity index (χ3n) is 7.21. The zero-order chi connectivity index (χ0) is 22.3. The predicted octanol–water partition coefficient (Wildman–Crippen LogP) is 3.90. The molecule has 1 aliphatic carbocycles. The van der Waals surface area contributed by atoms with E-state index in [1.54, 1.807) is 18.7 Å². The third kappa shape index (κ3) is 3.15. The first-order chi connectivity index (χ1) is 15.6. The lowest BCUT2D eigenvalue weighted by Crippen LogP contribution is -2.42. The van der Waals surface area contributed by atoms with E-state index in [1.807, 2.05) is 16.8 Å². The summed E-state index contributed by atoms with van der Waals surface area (Å²) in [6, 6.07) is 2.01. The lowest BCUT2D eigenvalue weighted by molar-refractivity contribution is 0.128. The van der Waals surface area contributed by atoms with Crippen LogP contribution >= 0.6 is 0 Å². The molecule has 3 N–H and O–H groups in total. The van der Waals surface area contributed by atoms with E-state index in [1.165, 1.54) is 0 Å². The van der Waals surface area contributed by atoms with Crippen molar-refractivity contribution in [2.45, 2.75) is 63.5 Å². The normalized spacial score (nSPS) is 16.9. The molecule has 2 aromatic heterocycles. The summed E-state index contributed by atoms with van der Waals surface area (Å²) in [5.74, 6) is -0.586. The van der Waals surface area contributed by atoms with Gasteiger partial charge in [-0.1, -0.05) is 6.42 Å². The van der Waals surface area contributed by atoms with Crippen LogP contribution in [0.1, 0.15) is 56.1 Å². The molecule has 8 heteroatoms.